The molecule has 0 unspecified atom stereocenters. The number of thiol groups is 1. The number of para-hydroxylation sites is 1. The van der Waals surface area contributed by atoms with Crippen LogP contribution in [0.4, 0.5) is 0 Å². The monoisotopic (exact) mass is 430 g/mol. The normalized spacial score (nSPS) is 16.6. The molecule has 0 amide bonds. The van der Waals surface area contributed by atoms with Gasteiger partial charge >= 0.3 is 0 Å². The highest BCUT2D eigenvalue weighted by Crippen LogP contribution is 2.33. The first-order valence-electron chi connectivity index (χ1n) is 9.91. The summed E-state index contributed by atoms with van der Waals surface area (Å²) in [4.78, 5) is 1.27. The van der Waals surface area contributed by atoms with Gasteiger partial charge in [-0.25, -0.2) is 8.42 Å². The Bertz CT molecular complexity index is 1100. The maximum absolute atomic E-state index is 13.0. The number of aromatic nitrogens is 1. The van der Waals surface area contributed by atoms with Crippen LogP contribution in [0, 0.1) is 0 Å². The third-order valence-electron chi connectivity index (χ3n) is 5.37. The highest BCUT2D eigenvalue weighted by atomic mass is 32.2. The molecule has 154 valence electrons. The molecular weight excluding hydrogens is 404 g/mol. The van der Waals surface area contributed by atoms with E-state index in [-0.39, 0.29) is 12.1 Å². The molecule has 1 fully saturated rings. The fourth-order valence-corrected chi connectivity index (χ4v) is 5.74. The maximum atomic E-state index is 13.0. The molecule has 7 heteroatoms. The van der Waals surface area contributed by atoms with Crippen molar-refractivity contribution in [3.05, 3.63) is 54.7 Å². The zero-order valence-electron chi connectivity index (χ0n) is 16.7. The van der Waals surface area contributed by atoms with Crippen molar-refractivity contribution in [1.29, 1.82) is 0 Å². The number of piperidine rings is 1. The van der Waals surface area contributed by atoms with E-state index >= 15 is 0 Å². The molecule has 0 radical (unpaired) electrons. The Morgan fingerprint density at radius 1 is 1.03 bits per heavy atom. The van der Waals surface area contributed by atoms with Crippen LogP contribution in [0.5, 0.6) is 5.75 Å². The molecular formula is C22H26N2O3S2. The van der Waals surface area contributed by atoms with Crippen molar-refractivity contribution in [3.8, 4) is 5.75 Å². The summed E-state index contributed by atoms with van der Waals surface area (Å²) < 4.78 is 35.5. The van der Waals surface area contributed by atoms with Gasteiger partial charge < -0.3 is 9.30 Å². The number of hydrogen-bond donors (Lipinski definition) is 1. The van der Waals surface area contributed by atoms with Crippen LogP contribution < -0.4 is 4.74 Å². The summed E-state index contributed by atoms with van der Waals surface area (Å²) in [5.74, 6) is 0.680. The highest BCUT2D eigenvalue weighted by molar-refractivity contribution is 7.89. The Kier molecular flexibility index (Phi) is 5.64. The van der Waals surface area contributed by atoms with Crippen LogP contribution in [0.3, 0.4) is 0 Å². The molecule has 1 aliphatic heterocycles. The predicted molar refractivity (Wildman–Crippen MR) is 118 cm³/mol. The lowest BCUT2D eigenvalue weighted by Gasteiger charge is -2.32. The second-order valence-electron chi connectivity index (χ2n) is 7.71. The van der Waals surface area contributed by atoms with Crippen LogP contribution in [0.15, 0.2) is 64.5 Å². The molecule has 0 N–H and O–H groups in total. The summed E-state index contributed by atoms with van der Waals surface area (Å²) in [7, 11) is -3.50. The predicted octanol–water partition coefficient (Wildman–Crippen LogP) is 4.74. The maximum Gasteiger partial charge on any atom is 0.243 e. The molecule has 5 nitrogen and oxygen atoms in total. The van der Waals surface area contributed by atoms with E-state index in [4.69, 9.17) is 4.74 Å². The Balaban J connectivity index is 1.48. The summed E-state index contributed by atoms with van der Waals surface area (Å²) in [6.07, 6.45) is 3.68. The van der Waals surface area contributed by atoms with E-state index in [2.05, 4.69) is 35.5 Å². The quantitative estimate of drug-likeness (QED) is 0.595. The first-order valence-corrected chi connectivity index (χ1v) is 11.8. The molecule has 0 bridgehead atoms. The lowest BCUT2D eigenvalue weighted by molar-refractivity contribution is 0.242. The van der Waals surface area contributed by atoms with E-state index in [1.54, 1.807) is 28.6 Å². The van der Waals surface area contributed by atoms with Crippen molar-refractivity contribution >= 4 is 33.6 Å². The molecule has 0 atom stereocenters. The SMILES string of the molecule is CC(C)Oc1ccc(S(=O)(=O)N2CCC(n3cc(S)c4ccccc43)CC2)cc1. The minimum Gasteiger partial charge on any atom is -0.491 e. The van der Waals surface area contributed by atoms with Crippen molar-refractivity contribution in [3.63, 3.8) is 0 Å². The van der Waals surface area contributed by atoms with Crippen LogP contribution >= 0.6 is 12.6 Å². The second kappa shape index (κ2) is 8.05. The highest BCUT2D eigenvalue weighted by Gasteiger charge is 2.30. The number of nitrogens with zero attached hydrogens (tertiary/aromatic N) is 2. The number of ether oxygens (including phenoxy) is 1. The van der Waals surface area contributed by atoms with Gasteiger partial charge in [0.05, 0.1) is 11.0 Å². The molecule has 0 saturated carbocycles. The summed E-state index contributed by atoms with van der Waals surface area (Å²) in [5, 5.41) is 1.13. The molecule has 0 aliphatic carbocycles. The van der Waals surface area contributed by atoms with Gasteiger partial charge in [0.25, 0.3) is 0 Å². The van der Waals surface area contributed by atoms with E-state index in [0.717, 1.165) is 28.6 Å². The van der Waals surface area contributed by atoms with Gasteiger partial charge in [-0.05, 0) is 57.0 Å². The third kappa shape index (κ3) is 4.04. The molecule has 2 aromatic carbocycles. The lowest BCUT2D eigenvalue weighted by atomic mass is 10.1. The van der Waals surface area contributed by atoms with E-state index < -0.39 is 10.0 Å². The first kappa shape index (κ1) is 20.3. The van der Waals surface area contributed by atoms with Crippen LogP contribution in [-0.4, -0.2) is 36.5 Å². The van der Waals surface area contributed by atoms with Crippen LogP contribution in [0.25, 0.3) is 10.9 Å². The molecule has 1 aromatic heterocycles. The van der Waals surface area contributed by atoms with Crippen LogP contribution in [-0.2, 0) is 10.0 Å². The second-order valence-corrected chi connectivity index (χ2v) is 10.1. The topological polar surface area (TPSA) is 51.5 Å². The summed E-state index contributed by atoms with van der Waals surface area (Å²) in [6, 6.07) is 15.2. The van der Waals surface area contributed by atoms with E-state index in [0.29, 0.717) is 23.7 Å². The zero-order valence-corrected chi connectivity index (χ0v) is 18.4. The fraction of sp³-hybridized carbons (Fsp3) is 0.364. The Morgan fingerprint density at radius 3 is 2.34 bits per heavy atom. The van der Waals surface area contributed by atoms with Crippen molar-refractivity contribution in [2.24, 2.45) is 0 Å². The number of benzene rings is 2. The summed E-state index contributed by atoms with van der Waals surface area (Å²) in [5.41, 5.74) is 1.15. The zero-order chi connectivity index (χ0) is 20.6. The van der Waals surface area contributed by atoms with Gasteiger partial charge in [0.2, 0.25) is 10.0 Å². The molecule has 0 spiro atoms. The van der Waals surface area contributed by atoms with E-state index in [9.17, 15) is 8.42 Å². The summed E-state index contributed by atoms with van der Waals surface area (Å²) in [6.45, 7) is 4.90. The van der Waals surface area contributed by atoms with Crippen molar-refractivity contribution in [2.75, 3.05) is 13.1 Å². The lowest BCUT2D eigenvalue weighted by Crippen LogP contribution is -2.38. The first-order chi connectivity index (χ1) is 13.9. The number of rotatable bonds is 5. The van der Waals surface area contributed by atoms with Gasteiger partial charge in [-0.2, -0.15) is 4.31 Å². The van der Waals surface area contributed by atoms with Crippen molar-refractivity contribution < 1.29 is 13.2 Å². The molecule has 29 heavy (non-hydrogen) atoms. The van der Waals surface area contributed by atoms with Gasteiger partial charge in [0.1, 0.15) is 5.75 Å². The average molecular weight is 431 g/mol. The summed E-state index contributed by atoms with van der Waals surface area (Å²) >= 11 is 4.59. The molecule has 2 heterocycles. The number of sulfonamides is 1. The Morgan fingerprint density at radius 2 is 1.69 bits per heavy atom. The molecule has 3 aromatic rings. The van der Waals surface area contributed by atoms with Gasteiger partial charge in [-0.15, -0.1) is 12.6 Å². The van der Waals surface area contributed by atoms with Gasteiger partial charge in [0, 0.05) is 41.1 Å². The molecule has 4 rings (SSSR count). The number of fused-ring (bicyclic) bond motifs is 1. The Labute approximate surface area is 177 Å². The van der Waals surface area contributed by atoms with E-state index in [1.807, 2.05) is 26.0 Å². The molecule has 1 aliphatic rings. The standard InChI is InChI=1S/C22H26N2O3S2/c1-16(2)27-18-7-9-19(10-8-18)29(25,26)23-13-11-17(12-14-23)24-15-22(28)20-5-3-4-6-21(20)24/h3-10,15-17,28H,11-14H2,1-2H3. The van der Waals surface area contributed by atoms with Gasteiger partial charge in [-0.3, -0.25) is 0 Å². The largest absolute Gasteiger partial charge is 0.491 e. The molecule has 1 saturated heterocycles. The van der Waals surface area contributed by atoms with Crippen molar-refractivity contribution in [2.45, 2.75) is 48.6 Å². The van der Waals surface area contributed by atoms with Crippen molar-refractivity contribution in [1.82, 2.24) is 8.87 Å². The van der Waals surface area contributed by atoms with E-state index in [1.165, 1.54) is 0 Å². The van der Waals surface area contributed by atoms with Crippen LogP contribution in [0.2, 0.25) is 0 Å². The average Bonchev–Trinajstić information content (AvgIpc) is 3.05. The van der Waals surface area contributed by atoms with Gasteiger partial charge in [0.15, 0.2) is 0 Å². The van der Waals surface area contributed by atoms with Crippen LogP contribution in [0.1, 0.15) is 32.7 Å². The third-order valence-corrected chi connectivity index (χ3v) is 7.64. The number of hydrogen-bond acceptors (Lipinski definition) is 4. The minimum atomic E-state index is -3.50. The minimum absolute atomic E-state index is 0.0547. The fourth-order valence-electron chi connectivity index (χ4n) is 3.96. The van der Waals surface area contributed by atoms with Gasteiger partial charge in [-0.1, -0.05) is 18.2 Å². The Hall–Kier alpha value is -1.96. The smallest absolute Gasteiger partial charge is 0.243 e.